The van der Waals surface area contributed by atoms with Gasteiger partial charge in [0.15, 0.2) is 0 Å². The van der Waals surface area contributed by atoms with Crippen molar-refractivity contribution in [2.45, 2.75) is 32.4 Å². The Balaban J connectivity index is 2.54. The van der Waals surface area contributed by atoms with Gasteiger partial charge in [0.25, 0.3) is 10.2 Å². The summed E-state index contributed by atoms with van der Waals surface area (Å²) in [4.78, 5) is 0. The summed E-state index contributed by atoms with van der Waals surface area (Å²) in [6, 6.07) is 7.29. The van der Waals surface area contributed by atoms with Crippen LogP contribution in [-0.4, -0.2) is 44.6 Å². The van der Waals surface area contributed by atoms with Crippen LogP contribution in [0.1, 0.15) is 25.3 Å². The van der Waals surface area contributed by atoms with Crippen molar-refractivity contribution in [1.82, 2.24) is 9.03 Å². The Kier molecular flexibility index (Phi) is 7.10. The van der Waals surface area contributed by atoms with Crippen LogP contribution in [0.25, 0.3) is 0 Å². The number of nitrogens with one attached hydrogen (secondary N) is 1. The van der Waals surface area contributed by atoms with Crippen molar-refractivity contribution in [2.24, 2.45) is 0 Å². The van der Waals surface area contributed by atoms with E-state index in [1.807, 2.05) is 18.2 Å². The van der Waals surface area contributed by atoms with Crippen LogP contribution in [0, 0.1) is 0 Å². The minimum Gasteiger partial charge on any atom is -0.497 e. The van der Waals surface area contributed by atoms with Crippen LogP contribution >= 0.6 is 0 Å². The molecule has 1 unspecified atom stereocenters. The largest absolute Gasteiger partial charge is 0.497 e. The Morgan fingerprint density at radius 3 is 2.76 bits per heavy atom. The van der Waals surface area contributed by atoms with E-state index in [1.54, 1.807) is 20.1 Å². The molecule has 7 heteroatoms. The Bertz CT molecular complexity index is 532. The van der Waals surface area contributed by atoms with Crippen molar-refractivity contribution in [1.29, 1.82) is 0 Å². The van der Waals surface area contributed by atoms with Gasteiger partial charge in [-0.2, -0.15) is 12.7 Å². The van der Waals surface area contributed by atoms with Gasteiger partial charge in [0.05, 0.1) is 13.2 Å². The first-order chi connectivity index (χ1) is 9.85. The second kappa shape index (κ2) is 8.33. The number of nitrogens with zero attached hydrogens (tertiary/aromatic N) is 1. The molecule has 0 bridgehead atoms. The summed E-state index contributed by atoms with van der Waals surface area (Å²) in [5, 5.41) is 9.14. The molecule has 0 spiro atoms. The van der Waals surface area contributed by atoms with Crippen LogP contribution in [0.4, 0.5) is 0 Å². The van der Waals surface area contributed by atoms with E-state index >= 15 is 0 Å². The van der Waals surface area contributed by atoms with E-state index < -0.39 is 16.3 Å². The van der Waals surface area contributed by atoms with E-state index in [4.69, 9.17) is 9.84 Å². The fourth-order valence-electron chi connectivity index (χ4n) is 1.82. The van der Waals surface area contributed by atoms with Crippen molar-refractivity contribution >= 4 is 10.2 Å². The van der Waals surface area contributed by atoms with E-state index in [2.05, 4.69) is 4.72 Å². The van der Waals surface area contributed by atoms with Crippen LogP contribution in [0.3, 0.4) is 0 Å². The van der Waals surface area contributed by atoms with Gasteiger partial charge in [-0.25, -0.2) is 4.72 Å². The molecule has 0 amide bonds. The lowest BCUT2D eigenvalue weighted by Gasteiger charge is -2.18. The predicted octanol–water partition coefficient (Wildman–Crippen LogP) is 1.12. The van der Waals surface area contributed by atoms with Gasteiger partial charge < -0.3 is 9.84 Å². The van der Waals surface area contributed by atoms with E-state index in [9.17, 15) is 8.42 Å². The second-order valence-electron chi connectivity index (χ2n) is 5.00. The Hall–Kier alpha value is -1.15. The van der Waals surface area contributed by atoms with Gasteiger partial charge in [-0.05, 0) is 37.5 Å². The van der Waals surface area contributed by atoms with Gasteiger partial charge in [-0.3, -0.25) is 0 Å². The topological polar surface area (TPSA) is 78.9 Å². The third-order valence-corrected chi connectivity index (χ3v) is 4.55. The maximum atomic E-state index is 12.1. The van der Waals surface area contributed by atoms with Crippen LogP contribution in [0.15, 0.2) is 24.3 Å². The highest BCUT2D eigenvalue weighted by Crippen LogP contribution is 2.14. The van der Waals surface area contributed by atoms with Crippen molar-refractivity contribution in [3.8, 4) is 5.75 Å². The maximum absolute atomic E-state index is 12.1. The lowest BCUT2D eigenvalue weighted by atomic mass is 10.2. The average molecular weight is 316 g/mol. The second-order valence-corrected chi connectivity index (χ2v) is 6.86. The van der Waals surface area contributed by atoms with E-state index in [0.717, 1.165) is 5.56 Å². The first-order valence-electron chi connectivity index (χ1n) is 6.87. The summed E-state index contributed by atoms with van der Waals surface area (Å²) in [5.74, 6) is 0.697. The molecule has 0 saturated heterocycles. The highest BCUT2D eigenvalue weighted by molar-refractivity contribution is 7.87. The standard InChI is InChI=1S/C14H24N2O4S/c1-12(17)6-5-9-15-21(18,19)16(2)11-13-7-4-8-14(10-13)20-3/h4,7-8,10,12,15,17H,5-6,9,11H2,1-3H3. The molecule has 120 valence electrons. The number of aliphatic hydroxyl groups is 1. The maximum Gasteiger partial charge on any atom is 0.279 e. The highest BCUT2D eigenvalue weighted by atomic mass is 32.2. The summed E-state index contributed by atoms with van der Waals surface area (Å²) < 4.78 is 33.0. The Labute approximate surface area is 126 Å². The van der Waals surface area contributed by atoms with Gasteiger partial charge in [0.1, 0.15) is 5.75 Å². The number of hydrogen-bond donors (Lipinski definition) is 2. The first kappa shape index (κ1) is 17.9. The van der Waals surface area contributed by atoms with Crippen molar-refractivity contribution in [2.75, 3.05) is 20.7 Å². The molecule has 21 heavy (non-hydrogen) atoms. The number of aliphatic hydroxyl groups excluding tert-OH is 1. The third kappa shape index (κ3) is 6.43. The smallest absolute Gasteiger partial charge is 0.279 e. The van der Waals surface area contributed by atoms with Crippen molar-refractivity contribution in [3.05, 3.63) is 29.8 Å². The zero-order chi connectivity index (χ0) is 15.9. The van der Waals surface area contributed by atoms with Crippen molar-refractivity contribution < 1.29 is 18.3 Å². The fraction of sp³-hybridized carbons (Fsp3) is 0.571. The van der Waals surface area contributed by atoms with Crippen molar-refractivity contribution in [3.63, 3.8) is 0 Å². The lowest BCUT2D eigenvalue weighted by Crippen LogP contribution is -2.38. The van der Waals surface area contributed by atoms with E-state index in [1.165, 1.54) is 11.4 Å². The molecule has 0 aliphatic rings. The molecule has 0 radical (unpaired) electrons. The van der Waals surface area contributed by atoms with Gasteiger partial charge >= 0.3 is 0 Å². The summed E-state index contributed by atoms with van der Waals surface area (Å²) in [6.45, 7) is 2.27. The molecule has 0 aliphatic carbocycles. The molecule has 0 fully saturated rings. The van der Waals surface area contributed by atoms with Crippen LogP contribution < -0.4 is 9.46 Å². The monoisotopic (exact) mass is 316 g/mol. The molecule has 1 aromatic carbocycles. The quantitative estimate of drug-likeness (QED) is 0.669. The van der Waals surface area contributed by atoms with Gasteiger partial charge in [0.2, 0.25) is 0 Å². The minimum atomic E-state index is -3.52. The van der Waals surface area contributed by atoms with Crippen LogP contribution in [0.2, 0.25) is 0 Å². The first-order valence-corrected chi connectivity index (χ1v) is 8.31. The van der Waals surface area contributed by atoms with Crippen LogP contribution in [0.5, 0.6) is 5.75 Å². The molecular formula is C14H24N2O4S. The molecular weight excluding hydrogens is 292 g/mol. The summed E-state index contributed by atoms with van der Waals surface area (Å²) in [6.07, 6.45) is 0.760. The zero-order valence-corrected chi connectivity index (χ0v) is 13.6. The van der Waals surface area contributed by atoms with E-state index in [-0.39, 0.29) is 6.54 Å². The van der Waals surface area contributed by atoms with Gasteiger partial charge in [-0.15, -0.1) is 0 Å². The molecule has 0 heterocycles. The number of ether oxygens (including phenoxy) is 1. The van der Waals surface area contributed by atoms with Gasteiger partial charge in [0, 0.05) is 20.1 Å². The number of hydrogen-bond acceptors (Lipinski definition) is 4. The highest BCUT2D eigenvalue weighted by Gasteiger charge is 2.17. The number of rotatable bonds is 9. The molecule has 2 N–H and O–H groups in total. The molecule has 0 saturated carbocycles. The summed E-state index contributed by atoms with van der Waals surface area (Å²) in [7, 11) is -0.418. The van der Waals surface area contributed by atoms with E-state index in [0.29, 0.717) is 25.1 Å². The fourth-order valence-corrected chi connectivity index (χ4v) is 2.76. The van der Waals surface area contributed by atoms with Gasteiger partial charge in [-0.1, -0.05) is 12.1 Å². The molecule has 0 aliphatic heterocycles. The average Bonchev–Trinajstić information content (AvgIpc) is 2.43. The summed E-state index contributed by atoms with van der Waals surface area (Å²) in [5.41, 5.74) is 0.853. The number of benzene rings is 1. The van der Waals surface area contributed by atoms with Crippen LogP contribution in [-0.2, 0) is 16.8 Å². The zero-order valence-electron chi connectivity index (χ0n) is 12.7. The lowest BCUT2D eigenvalue weighted by molar-refractivity contribution is 0.182. The number of methoxy groups -OCH3 is 1. The normalized spacial score (nSPS) is 13.4. The molecule has 0 aromatic heterocycles. The SMILES string of the molecule is COc1cccc(CN(C)S(=O)(=O)NCCCC(C)O)c1. The third-order valence-electron chi connectivity index (χ3n) is 3.03. The summed E-state index contributed by atoms with van der Waals surface area (Å²) >= 11 is 0. The predicted molar refractivity (Wildman–Crippen MR) is 82.3 cm³/mol. The Morgan fingerprint density at radius 1 is 1.43 bits per heavy atom. The molecule has 1 rings (SSSR count). The molecule has 1 atom stereocenters. The Morgan fingerprint density at radius 2 is 2.14 bits per heavy atom. The molecule has 6 nitrogen and oxygen atoms in total. The minimum absolute atomic E-state index is 0.267. The molecule has 1 aromatic rings.